The SMILES string of the molecule is O=C(/C=C/c1cccc(Cl)c1)NCCCc1ncc[nH]1. The summed E-state index contributed by atoms with van der Waals surface area (Å²) in [7, 11) is 0. The summed E-state index contributed by atoms with van der Waals surface area (Å²) in [5, 5.41) is 3.49. The Balaban J connectivity index is 1.70. The van der Waals surface area contributed by atoms with Crippen molar-refractivity contribution in [2.45, 2.75) is 12.8 Å². The number of imidazole rings is 1. The minimum Gasteiger partial charge on any atom is -0.353 e. The molecule has 5 heteroatoms. The molecule has 4 nitrogen and oxygen atoms in total. The maximum atomic E-state index is 11.6. The van der Waals surface area contributed by atoms with Gasteiger partial charge < -0.3 is 10.3 Å². The van der Waals surface area contributed by atoms with Gasteiger partial charge in [0, 0.05) is 36.5 Å². The molecule has 2 N–H and O–H groups in total. The number of aromatic nitrogens is 2. The summed E-state index contributed by atoms with van der Waals surface area (Å²) in [6.45, 7) is 0.624. The topological polar surface area (TPSA) is 57.8 Å². The van der Waals surface area contributed by atoms with Crippen LogP contribution < -0.4 is 5.32 Å². The van der Waals surface area contributed by atoms with E-state index in [1.54, 1.807) is 24.5 Å². The number of carbonyl (C=O) groups is 1. The van der Waals surface area contributed by atoms with E-state index in [-0.39, 0.29) is 5.91 Å². The van der Waals surface area contributed by atoms with Gasteiger partial charge in [-0.2, -0.15) is 0 Å². The molecule has 2 aromatic rings. The molecule has 0 spiro atoms. The van der Waals surface area contributed by atoms with Gasteiger partial charge in [0.1, 0.15) is 5.82 Å². The number of amides is 1. The second-order valence-corrected chi connectivity index (χ2v) is 4.76. The molecule has 1 heterocycles. The molecule has 0 radical (unpaired) electrons. The molecule has 104 valence electrons. The quantitative estimate of drug-likeness (QED) is 0.634. The third kappa shape index (κ3) is 4.90. The molecule has 1 aromatic carbocycles. The number of nitrogens with zero attached hydrogens (tertiary/aromatic N) is 1. The lowest BCUT2D eigenvalue weighted by atomic mass is 10.2. The minimum atomic E-state index is -0.107. The lowest BCUT2D eigenvalue weighted by molar-refractivity contribution is -0.116. The zero-order valence-corrected chi connectivity index (χ0v) is 11.7. The summed E-state index contributed by atoms with van der Waals surface area (Å²) in [5.74, 6) is 0.832. The first-order chi connectivity index (χ1) is 9.74. The van der Waals surface area contributed by atoms with Crippen molar-refractivity contribution in [3.63, 3.8) is 0 Å². The number of nitrogens with one attached hydrogen (secondary N) is 2. The fourth-order valence-electron chi connectivity index (χ4n) is 1.74. The monoisotopic (exact) mass is 289 g/mol. The number of aromatic amines is 1. The molecule has 1 amide bonds. The van der Waals surface area contributed by atoms with Crippen LogP contribution in [0.4, 0.5) is 0 Å². The smallest absolute Gasteiger partial charge is 0.243 e. The van der Waals surface area contributed by atoms with Crippen molar-refractivity contribution in [2.24, 2.45) is 0 Å². The molecule has 0 atom stereocenters. The fourth-order valence-corrected chi connectivity index (χ4v) is 1.94. The van der Waals surface area contributed by atoms with Crippen molar-refractivity contribution in [3.8, 4) is 0 Å². The van der Waals surface area contributed by atoms with Gasteiger partial charge in [0.2, 0.25) is 5.91 Å². The second-order valence-electron chi connectivity index (χ2n) is 4.32. The van der Waals surface area contributed by atoms with Crippen LogP contribution in [0.25, 0.3) is 6.08 Å². The Labute approximate surface area is 122 Å². The van der Waals surface area contributed by atoms with Crippen LogP contribution in [0.15, 0.2) is 42.7 Å². The van der Waals surface area contributed by atoms with E-state index in [1.165, 1.54) is 6.08 Å². The van der Waals surface area contributed by atoms with E-state index in [2.05, 4.69) is 15.3 Å². The first-order valence-corrected chi connectivity index (χ1v) is 6.81. The molecule has 0 unspecified atom stereocenters. The summed E-state index contributed by atoms with van der Waals surface area (Å²) in [6, 6.07) is 7.35. The number of carbonyl (C=O) groups excluding carboxylic acids is 1. The number of benzene rings is 1. The van der Waals surface area contributed by atoms with Crippen molar-refractivity contribution in [1.82, 2.24) is 15.3 Å². The van der Waals surface area contributed by atoms with Gasteiger partial charge in [0.25, 0.3) is 0 Å². The van der Waals surface area contributed by atoms with Crippen molar-refractivity contribution in [2.75, 3.05) is 6.54 Å². The molecule has 20 heavy (non-hydrogen) atoms. The number of hydrogen-bond acceptors (Lipinski definition) is 2. The average Bonchev–Trinajstić information content (AvgIpc) is 2.95. The van der Waals surface area contributed by atoms with E-state index < -0.39 is 0 Å². The van der Waals surface area contributed by atoms with Crippen molar-refractivity contribution in [3.05, 3.63) is 59.1 Å². The van der Waals surface area contributed by atoms with Gasteiger partial charge >= 0.3 is 0 Å². The lowest BCUT2D eigenvalue weighted by Gasteiger charge is -2.01. The normalized spacial score (nSPS) is 10.8. The van der Waals surface area contributed by atoms with Gasteiger partial charge in [0.15, 0.2) is 0 Å². The van der Waals surface area contributed by atoms with Gasteiger partial charge in [-0.25, -0.2) is 4.98 Å². The van der Waals surface area contributed by atoms with E-state index in [0.717, 1.165) is 24.2 Å². The molecule has 0 bridgehead atoms. The van der Waals surface area contributed by atoms with Gasteiger partial charge in [-0.05, 0) is 30.2 Å². The van der Waals surface area contributed by atoms with E-state index in [0.29, 0.717) is 11.6 Å². The standard InChI is InChI=1S/C15H16ClN3O/c16-13-4-1-3-12(11-13)6-7-15(20)19-8-2-5-14-17-9-10-18-14/h1,3-4,6-7,9-11H,2,5,8H2,(H,17,18)(H,19,20)/b7-6+. The van der Waals surface area contributed by atoms with Gasteiger partial charge in [-0.15, -0.1) is 0 Å². The Kier molecular flexibility index (Phi) is 5.38. The highest BCUT2D eigenvalue weighted by Gasteiger charge is 1.97. The van der Waals surface area contributed by atoms with Crippen LogP contribution in [0, 0.1) is 0 Å². The molecule has 0 aliphatic heterocycles. The maximum absolute atomic E-state index is 11.6. The Hall–Kier alpha value is -2.07. The highest BCUT2D eigenvalue weighted by Crippen LogP contribution is 2.11. The second kappa shape index (κ2) is 7.50. The summed E-state index contributed by atoms with van der Waals surface area (Å²) in [5.41, 5.74) is 0.906. The van der Waals surface area contributed by atoms with Gasteiger partial charge in [-0.1, -0.05) is 23.7 Å². The first kappa shape index (κ1) is 14.3. The highest BCUT2D eigenvalue weighted by atomic mass is 35.5. The average molecular weight is 290 g/mol. The minimum absolute atomic E-state index is 0.107. The number of hydrogen-bond donors (Lipinski definition) is 2. The number of halogens is 1. The predicted molar refractivity (Wildman–Crippen MR) is 80.4 cm³/mol. The number of aryl methyl sites for hydroxylation is 1. The van der Waals surface area contributed by atoms with Crippen molar-refractivity contribution < 1.29 is 4.79 Å². The van der Waals surface area contributed by atoms with Crippen LogP contribution in [0.2, 0.25) is 5.02 Å². The van der Waals surface area contributed by atoms with Crippen LogP contribution in [0.5, 0.6) is 0 Å². The van der Waals surface area contributed by atoms with Crippen molar-refractivity contribution >= 4 is 23.6 Å². The van der Waals surface area contributed by atoms with Crippen molar-refractivity contribution in [1.29, 1.82) is 0 Å². The molecule has 0 aliphatic carbocycles. The zero-order valence-electron chi connectivity index (χ0n) is 11.0. The summed E-state index contributed by atoms with van der Waals surface area (Å²) in [6.07, 6.45) is 8.45. The summed E-state index contributed by atoms with van der Waals surface area (Å²) >= 11 is 5.87. The fraction of sp³-hybridized carbons (Fsp3) is 0.200. The van der Waals surface area contributed by atoms with E-state index in [1.807, 2.05) is 18.2 Å². The largest absolute Gasteiger partial charge is 0.353 e. The van der Waals surface area contributed by atoms with Crippen LogP contribution >= 0.6 is 11.6 Å². The molecule has 0 fully saturated rings. The molecule has 0 aliphatic rings. The Bertz CT molecular complexity index is 579. The molecule has 0 saturated carbocycles. The Morgan fingerprint density at radius 2 is 2.35 bits per heavy atom. The highest BCUT2D eigenvalue weighted by molar-refractivity contribution is 6.30. The van der Waals surface area contributed by atoms with Crippen LogP contribution in [0.3, 0.4) is 0 Å². The van der Waals surface area contributed by atoms with Gasteiger partial charge in [0.05, 0.1) is 0 Å². The predicted octanol–water partition coefficient (Wildman–Crippen LogP) is 2.83. The molecular formula is C15H16ClN3O. The van der Waals surface area contributed by atoms with E-state index >= 15 is 0 Å². The van der Waals surface area contributed by atoms with Crippen LogP contribution in [-0.2, 0) is 11.2 Å². The van der Waals surface area contributed by atoms with Gasteiger partial charge in [-0.3, -0.25) is 4.79 Å². The lowest BCUT2D eigenvalue weighted by Crippen LogP contribution is -2.22. The zero-order chi connectivity index (χ0) is 14.2. The Morgan fingerprint density at radius 1 is 1.45 bits per heavy atom. The third-order valence-electron chi connectivity index (χ3n) is 2.72. The first-order valence-electron chi connectivity index (χ1n) is 6.44. The van der Waals surface area contributed by atoms with Crippen LogP contribution in [0.1, 0.15) is 17.8 Å². The summed E-state index contributed by atoms with van der Waals surface area (Å²) < 4.78 is 0. The number of rotatable bonds is 6. The Morgan fingerprint density at radius 3 is 3.10 bits per heavy atom. The molecule has 2 rings (SSSR count). The van der Waals surface area contributed by atoms with E-state index in [4.69, 9.17) is 11.6 Å². The van der Waals surface area contributed by atoms with Crippen LogP contribution in [-0.4, -0.2) is 22.4 Å². The third-order valence-corrected chi connectivity index (χ3v) is 2.96. The van der Waals surface area contributed by atoms with E-state index in [9.17, 15) is 4.79 Å². The maximum Gasteiger partial charge on any atom is 0.243 e. The summed E-state index contributed by atoms with van der Waals surface area (Å²) in [4.78, 5) is 18.8. The molecule has 1 aromatic heterocycles. The number of H-pyrrole nitrogens is 1. The molecular weight excluding hydrogens is 274 g/mol. The molecule has 0 saturated heterocycles.